The van der Waals surface area contributed by atoms with Crippen LogP contribution in [0.5, 0.6) is 11.5 Å². The molecule has 24 heavy (non-hydrogen) atoms. The van der Waals surface area contributed by atoms with E-state index in [1.165, 1.54) is 10.4 Å². The molecular weight excluding hydrogens is 322 g/mol. The molecule has 0 unspecified atom stereocenters. The van der Waals surface area contributed by atoms with Gasteiger partial charge in [0, 0.05) is 30.7 Å². The largest absolute Gasteiger partial charge is 0.493 e. The van der Waals surface area contributed by atoms with Crippen LogP contribution in [0, 0.1) is 5.92 Å². The van der Waals surface area contributed by atoms with Crippen LogP contribution < -0.4 is 15.2 Å². The highest BCUT2D eigenvalue weighted by Crippen LogP contribution is 2.28. The molecule has 0 aliphatic rings. The van der Waals surface area contributed by atoms with Gasteiger partial charge >= 0.3 is 0 Å². The fourth-order valence-corrected chi connectivity index (χ4v) is 3.42. The molecule has 0 saturated carbocycles. The molecule has 2 aromatic rings. The van der Waals surface area contributed by atoms with E-state index in [9.17, 15) is 0 Å². The Balaban J connectivity index is 2.01. The number of ether oxygens (including phenoxy) is 2. The smallest absolute Gasteiger partial charge is 0.180 e. The third-order valence-electron chi connectivity index (χ3n) is 3.74. The molecule has 0 amide bonds. The third kappa shape index (κ3) is 5.39. The van der Waals surface area contributed by atoms with Crippen LogP contribution in [-0.2, 0) is 13.0 Å². The van der Waals surface area contributed by atoms with Crippen molar-refractivity contribution in [2.24, 2.45) is 5.92 Å². The quantitative estimate of drug-likeness (QED) is 0.751. The van der Waals surface area contributed by atoms with Crippen molar-refractivity contribution in [3.63, 3.8) is 0 Å². The number of aromatic nitrogens is 1. The number of nitrogens with zero attached hydrogens (tertiary/aromatic N) is 2. The zero-order valence-corrected chi connectivity index (χ0v) is 15.7. The van der Waals surface area contributed by atoms with Crippen LogP contribution in [-0.4, -0.2) is 37.2 Å². The highest BCUT2D eigenvalue weighted by Gasteiger charge is 2.12. The van der Waals surface area contributed by atoms with E-state index in [2.05, 4.69) is 35.9 Å². The minimum absolute atomic E-state index is 0.612. The van der Waals surface area contributed by atoms with Gasteiger partial charge < -0.3 is 15.2 Å². The molecule has 132 valence electrons. The van der Waals surface area contributed by atoms with Gasteiger partial charge in [0.25, 0.3) is 0 Å². The van der Waals surface area contributed by atoms with Gasteiger partial charge in [-0.2, -0.15) is 0 Å². The predicted molar refractivity (Wildman–Crippen MR) is 99.9 cm³/mol. The van der Waals surface area contributed by atoms with Gasteiger partial charge in [-0.05, 0) is 30.0 Å². The molecule has 0 fully saturated rings. The molecule has 1 aromatic heterocycles. The van der Waals surface area contributed by atoms with E-state index in [4.69, 9.17) is 15.2 Å². The predicted octanol–water partition coefficient (Wildman–Crippen LogP) is 3.44. The van der Waals surface area contributed by atoms with Crippen LogP contribution >= 0.6 is 11.3 Å². The summed E-state index contributed by atoms with van der Waals surface area (Å²) in [6.07, 6.45) is 2.84. The van der Waals surface area contributed by atoms with E-state index >= 15 is 0 Å². The Labute approximate surface area is 148 Å². The normalized spacial score (nSPS) is 11.2. The summed E-state index contributed by atoms with van der Waals surface area (Å²) in [4.78, 5) is 7.81. The van der Waals surface area contributed by atoms with Gasteiger partial charge in [-0.25, -0.2) is 4.98 Å². The molecule has 1 aromatic carbocycles. The van der Waals surface area contributed by atoms with Gasteiger partial charge in [0.2, 0.25) is 0 Å². The van der Waals surface area contributed by atoms with Gasteiger partial charge in [-0.3, -0.25) is 4.90 Å². The first-order chi connectivity index (χ1) is 11.5. The van der Waals surface area contributed by atoms with Gasteiger partial charge in [-0.15, -0.1) is 11.3 Å². The first-order valence-corrected chi connectivity index (χ1v) is 8.97. The second-order valence-corrected chi connectivity index (χ2v) is 7.38. The molecular formula is C18H27N3O2S. The Morgan fingerprint density at radius 3 is 2.54 bits per heavy atom. The molecule has 0 bridgehead atoms. The van der Waals surface area contributed by atoms with Crippen LogP contribution in [0.2, 0.25) is 0 Å². The van der Waals surface area contributed by atoms with Crippen LogP contribution in [0.1, 0.15) is 24.3 Å². The number of thiazole rings is 1. The number of benzene rings is 1. The summed E-state index contributed by atoms with van der Waals surface area (Å²) in [5.41, 5.74) is 6.98. The Hall–Kier alpha value is -1.79. The summed E-state index contributed by atoms with van der Waals surface area (Å²) >= 11 is 1.56. The summed E-state index contributed by atoms with van der Waals surface area (Å²) in [5, 5.41) is 0.634. The van der Waals surface area contributed by atoms with Crippen molar-refractivity contribution < 1.29 is 9.47 Å². The lowest BCUT2D eigenvalue weighted by Crippen LogP contribution is -2.29. The Bertz CT molecular complexity index is 643. The zero-order chi connectivity index (χ0) is 17.5. The molecule has 1 heterocycles. The second kappa shape index (κ2) is 8.89. The van der Waals surface area contributed by atoms with Crippen molar-refractivity contribution in [2.75, 3.05) is 33.0 Å². The first kappa shape index (κ1) is 18.5. The molecule has 0 aliphatic heterocycles. The van der Waals surface area contributed by atoms with Crippen molar-refractivity contribution in [2.45, 2.75) is 26.8 Å². The summed E-state index contributed by atoms with van der Waals surface area (Å²) in [6.45, 7) is 7.39. The van der Waals surface area contributed by atoms with Crippen LogP contribution in [0.25, 0.3) is 0 Å². The molecule has 0 spiro atoms. The summed E-state index contributed by atoms with van der Waals surface area (Å²) in [7, 11) is 3.32. The molecule has 2 rings (SSSR count). The topological polar surface area (TPSA) is 60.6 Å². The molecule has 0 aliphatic carbocycles. The van der Waals surface area contributed by atoms with Crippen molar-refractivity contribution in [3.05, 3.63) is 34.8 Å². The highest BCUT2D eigenvalue weighted by atomic mass is 32.1. The van der Waals surface area contributed by atoms with E-state index in [1.807, 2.05) is 12.3 Å². The van der Waals surface area contributed by atoms with E-state index in [1.54, 1.807) is 25.6 Å². The van der Waals surface area contributed by atoms with Crippen molar-refractivity contribution >= 4 is 16.5 Å². The monoisotopic (exact) mass is 349 g/mol. The molecule has 0 atom stereocenters. The number of rotatable bonds is 9. The molecule has 0 radical (unpaired) electrons. The van der Waals surface area contributed by atoms with Gasteiger partial charge in [-0.1, -0.05) is 19.9 Å². The lowest BCUT2D eigenvalue weighted by Gasteiger charge is -2.23. The molecule has 6 heteroatoms. The fourth-order valence-electron chi connectivity index (χ4n) is 2.69. The van der Waals surface area contributed by atoms with Crippen LogP contribution in [0.15, 0.2) is 24.4 Å². The van der Waals surface area contributed by atoms with E-state index < -0.39 is 0 Å². The summed E-state index contributed by atoms with van der Waals surface area (Å²) < 4.78 is 10.7. The Morgan fingerprint density at radius 2 is 1.96 bits per heavy atom. The Kier molecular flexibility index (Phi) is 6.87. The number of anilines is 1. The Morgan fingerprint density at radius 1 is 1.21 bits per heavy atom. The zero-order valence-electron chi connectivity index (χ0n) is 14.9. The lowest BCUT2D eigenvalue weighted by molar-refractivity contribution is 0.240. The number of hydrogen-bond donors (Lipinski definition) is 1. The van der Waals surface area contributed by atoms with Crippen molar-refractivity contribution in [1.82, 2.24) is 9.88 Å². The first-order valence-electron chi connectivity index (χ1n) is 8.15. The van der Waals surface area contributed by atoms with Crippen molar-refractivity contribution in [3.8, 4) is 11.5 Å². The number of methoxy groups -OCH3 is 2. The number of hydrogen-bond acceptors (Lipinski definition) is 6. The second-order valence-electron chi connectivity index (χ2n) is 6.23. The maximum Gasteiger partial charge on any atom is 0.180 e. The van der Waals surface area contributed by atoms with Crippen molar-refractivity contribution in [1.29, 1.82) is 0 Å². The number of nitrogens with two attached hydrogens (primary N) is 1. The fraction of sp³-hybridized carbons (Fsp3) is 0.500. The van der Waals surface area contributed by atoms with Gasteiger partial charge in [0.05, 0.1) is 14.2 Å². The standard InChI is InChI=1S/C18H27N3O2S/c1-13(2)11-21(12-15-10-20-18(19)24-15)8-7-14-5-6-16(22-3)17(9-14)23-4/h5-6,9-10,13H,7-8,11-12H2,1-4H3,(H2,19,20). The molecule has 5 nitrogen and oxygen atoms in total. The maximum atomic E-state index is 5.74. The average Bonchev–Trinajstić information content (AvgIpc) is 2.96. The lowest BCUT2D eigenvalue weighted by atomic mass is 10.1. The summed E-state index contributed by atoms with van der Waals surface area (Å²) in [5.74, 6) is 2.15. The molecule has 0 saturated heterocycles. The summed E-state index contributed by atoms with van der Waals surface area (Å²) in [6, 6.07) is 6.11. The van der Waals surface area contributed by atoms with E-state index in [-0.39, 0.29) is 0 Å². The van der Waals surface area contributed by atoms with Gasteiger partial charge in [0.15, 0.2) is 16.6 Å². The maximum absolute atomic E-state index is 5.74. The third-order valence-corrected chi connectivity index (χ3v) is 4.55. The van der Waals surface area contributed by atoms with Crippen LogP contribution in [0.3, 0.4) is 0 Å². The minimum atomic E-state index is 0.612. The van der Waals surface area contributed by atoms with Gasteiger partial charge in [0.1, 0.15) is 0 Å². The minimum Gasteiger partial charge on any atom is -0.493 e. The van der Waals surface area contributed by atoms with E-state index in [0.717, 1.165) is 37.6 Å². The molecule has 2 N–H and O–H groups in total. The van der Waals surface area contributed by atoms with E-state index in [0.29, 0.717) is 11.0 Å². The highest BCUT2D eigenvalue weighted by molar-refractivity contribution is 7.15. The SMILES string of the molecule is COc1ccc(CCN(Cc2cnc(N)s2)CC(C)C)cc1OC. The average molecular weight is 350 g/mol. The number of nitrogen functional groups attached to an aromatic ring is 1. The van der Waals surface area contributed by atoms with Crippen LogP contribution in [0.4, 0.5) is 5.13 Å².